The molecular weight excluding hydrogens is 229 g/mol. The molecule has 0 aliphatic heterocycles. The molecule has 0 bridgehead atoms. The van der Waals surface area contributed by atoms with E-state index < -0.39 is 13.9 Å². The van der Waals surface area contributed by atoms with Crippen molar-refractivity contribution in [3.05, 3.63) is 29.8 Å². The number of nitrogens with two attached hydrogens (primary N) is 1. The smallest absolute Gasteiger partial charge is 0.346 e. The Morgan fingerprint density at radius 1 is 1.44 bits per heavy atom. The van der Waals surface area contributed by atoms with Gasteiger partial charge in [0.15, 0.2) is 5.96 Å². The van der Waals surface area contributed by atoms with Crippen molar-refractivity contribution in [3.8, 4) is 0 Å². The number of guanidine groups is 1. The molecule has 1 aromatic rings. The van der Waals surface area contributed by atoms with Crippen LogP contribution in [-0.4, -0.2) is 22.0 Å². The van der Waals surface area contributed by atoms with Crippen molar-refractivity contribution in [2.75, 3.05) is 11.6 Å². The van der Waals surface area contributed by atoms with Gasteiger partial charge in [-0.3, -0.25) is 4.57 Å². The summed E-state index contributed by atoms with van der Waals surface area (Å²) in [5.74, 6) is -0.0211. The minimum absolute atomic E-state index is 0.0211. The van der Waals surface area contributed by atoms with Gasteiger partial charge in [-0.1, -0.05) is 17.7 Å². The van der Waals surface area contributed by atoms with Crippen molar-refractivity contribution in [1.82, 2.24) is 0 Å². The van der Waals surface area contributed by atoms with Crippen molar-refractivity contribution >= 4 is 19.2 Å². The Morgan fingerprint density at radius 2 is 2.00 bits per heavy atom. The van der Waals surface area contributed by atoms with E-state index in [-0.39, 0.29) is 5.96 Å². The fourth-order valence-corrected chi connectivity index (χ4v) is 1.33. The Hall–Kier alpha value is -1.36. The van der Waals surface area contributed by atoms with E-state index in [0.29, 0.717) is 0 Å². The molecular formula is C9H14N3O3P. The van der Waals surface area contributed by atoms with Crippen LogP contribution in [0.3, 0.4) is 0 Å². The molecule has 1 aromatic carbocycles. The third kappa shape index (κ3) is 4.93. The van der Waals surface area contributed by atoms with Gasteiger partial charge in [-0.2, -0.15) is 0 Å². The average molecular weight is 243 g/mol. The van der Waals surface area contributed by atoms with Gasteiger partial charge in [-0.15, -0.1) is 0 Å². The van der Waals surface area contributed by atoms with Crippen LogP contribution in [0.15, 0.2) is 29.3 Å². The molecule has 0 unspecified atom stereocenters. The first-order chi connectivity index (χ1) is 7.37. The average Bonchev–Trinajstić information content (AvgIpc) is 2.18. The van der Waals surface area contributed by atoms with Crippen LogP contribution in [-0.2, 0) is 4.57 Å². The summed E-state index contributed by atoms with van der Waals surface area (Å²) < 4.78 is 10.5. The van der Waals surface area contributed by atoms with Gasteiger partial charge in [0, 0.05) is 5.69 Å². The van der Waals surface area contributed by atoms with Crippen molar-refractivity contribution < 1.29 is 14.4 Å². The quantitative estimate of drug-likeness (QED) is 0.357. The minimum Gasteiger partial charge on any atom is -0.370 e. The van der Waals surface area contributed by atoms with Crippen LogP contribution < -0.4 is 11.1 Å². The molecule has 0 amide bonds. The number of benzene rings is 1. The first-order valence-corrected chi connectivity index (χ1v) is 6.35. The van der Waals surface area contributed by atoms with Crippen LogP contribution in [0.25, 0.3) is 0 Å². The van der Waals surface area contributed by atoms with Gasteiger partial charge < -0.3 is 20.8 Å². The highest BCUT2D eigenvalue weighted by atomic mass is 31.2. The van der Waals surface area contributed by atoms with E-state index in [2.05, 4.69) is 10.3 Å². The predicted octanol–water partition coefficient (Wildman–Crippen LogP) is 0.857. The fraction of sp³-hybridized carbons (Fsp3) is 0.222. The molecule has 7 heteroatoms. The number of aryl methyl sites for hydroxylation is 1. The largest absolute Gasteiger partial charge is 0.370 e. The Balaban J connectivity index is 2.60. The molecule has 0 spiro atoms. The standard InChI is InChI=1S/C9H14N3O3P/c1-7-2-4-8(5-3-7)12-9(10)11-6-16(13,14)15/h2-5H,6H2,1H3,(H3,10,11,12)(H2,13,14,15). The topological polar surface area (TPSA) is 108 Å². The molecule has 0 saturated carbocycles. The van der Waals surface area contributed by atoms with Crippen LogP contribution in [0.5, 0.6) is 0 Å². The lowest BCUT2D eigenvalue weighted by Crippen LogP contribution is -2.22. The highest BCUT2D eigenvalue weighted by Gasteiger charge is 2.11. The van der Waals surface area contributed by atoms with E-state index in [1.165, 1.54) is 0 Å². The fourth-order valence-electron chi connectivity index (χ4n) is 0.993. The number of anilines is 1. The van der Waals surface area contributed by atoms with Crippen LogP contribution in [0, 0.1) is 6.92 Å². The summed E-state index contributed by atoms with van der Waals surface area (Å²) in [7, 11) is -4.14. The first kappa shape index (κ1) is 12.7. The van der Waals surface area contributed by atoms with E-state index >= 15 is 0 Å². The Bertz CT molecular complexity index is 424. The molecule has 0 atom stereocenters. The normalized spacial score (nSPS) is 12.6. The molecule has 5 N–H and O–H groups in total. The number of nitrogens with zero attached hydrogens (tertiary/aromatic N) is 1. The van der Waals surface area contributed by atoms with Gasteiger partial charge in [0.1, 0.15) is 6.29 Å². The van der Waals surface area contributed by atoms with E-state index in [4.69, 9.17) is 15.5 Å². The predicted molar refractivity (Wildman–Crippen MR) is 63.3 cm³/mol. The summed E-state index contributed by atoms with van der Waals surface area (Å²) in [6.45, 7) is 1.95. The summed E-state index contributed by atoms with van der Waals surface area (Å²) in [5.41, 5.74) is 7.27. The maximum Gasteiger partial charge on any atom is 0.346 e. The molecule has 0 radical (unpaired) electrons. The summed E-state index contributed by atoms with van der Waals surface area (Å²) in [5, 5.41) is 2.73. The Kier molecular flexibility index (Phi) is 4.06. The van der Waals surface area contributed by atoms with Gasteiger partial charge in [0.05, 0.1) is 0 Å². The van der Waals surface area contributed by atoms with Gasteiger partial charge in [-0.05, 0) is 19.1 Å². The van der Waals surface area contributed by atoms with Crippen molar-refractivity contribution in [1.29, 1.82) is 0 Å². The number of nitrogens with one attached hydrogen (secondary N) is 1. The SMILES string of the molecule is Cc1ccc(NC(N)=NCP(=O)(O)O)cc1. The number of hydrogen-bond donors (Lipinski definition) is 4. The zero-order chi connectivity index (χ0) is 12.2. The van der Waals surface area contributed by atoms with E-state index in [1.54, 1.807) is 12.1 Å². The lowest BCUT2D eigenvalue weighted by molar-refractivity contribution is 0.374. The summed E-state index contributed by atoms with van der Waals surface area (Å²) >= 11 is 0. The lowest BCUT2D eigenvalue weighted by Gasteiger charge is -2.06. The monoisotopic (exact) mass is 243 g/mol. The zero-order valence-electron chi connectivity index (χ0n) is 8.79. The molecule has 0 saturated heterocycles. The summed E-state index contributed by atoms with van der Waals surface area (Å²) in [6, 6.07) is 7.38. The molecule has 6 nitrogen and oxygen atoms in total. The summed E-state index contributed by atoms with van der Waals surface area (Å²) in [4.78, 5) is 20.7. The van der Waals surface area contributed by atoms with Crippen LogP contribution >= 0.6 is 7.60 Å². The maximum absolute atomic E-state index is 10.5. The van der Waals surface area contributed by atoms with E-state index in [0.717, 1.165) is 11.3 Å². The van der Waals surface area contributed by atoms with Crippen molar-refractivity contribution in [2.45, 2.75) is 6.92 Å². The van der Waals surface area contributed by atoms with Crippen molar-refractivity contribution in [3.63, 3.8) is 0 Å². The lowest BCUT2D eigenvalue weighted by atomic mass is 10.2. The van der Waals surface area contributed by atoms with E-state index in [1.807, 2.05) is 19.1 Å². The third-order valence-corrected chi connectivity index (χ3v) is 2.26. The second-order valence-electron chi connectivity index (χ2n) is 3.34. The summed E-state index contributed by atoms with van der Waals surface area (Å²) in [6.07, 6.45) is -0.613. The van der Waals surface area contributed by atoms with Crippen LogP contribution in [0.4, 0.5) is 5.69 Å². The Labute approximate surface area is 93.4 Å². The number of rotatable bonds is 3. The third-order valence-electron chi connectivity index (χ3n) is 1.75. The molecule has 0 fully saturated rings. The van der Waals surface area contributed by atoms with Gasteiger partial charge in [0.25, 0.3) is 0 Å². The van der Waals surface area contributed by atoms with E-state index in [9.17, 15) is 4.57 Å². The van der Waals surface area contributed by atoms with Crippen LogP contribution in [0.1, 0.15) is 5.56 Å². The molecule has 0 heterocycles. The highest BCUT2D eigenvalue weighted by Crippen LogP contribution is 2.33. The zero-order valence-corrected chi connectivity index (χ0v) is 9.69. The van der Waals surface area contributed by atoms with Gasteiger partial charge in [-0.25, -0.2) is 4.99 Å². The second kappa shape index (κ2) is 5.12. The maximum atomic E-state index is 10.5. The van der Waals surface area contributed by atoms with Gasteiger partial charge >= 0.3 is 7.60 Å². The first-order valence-electron chi connectivity index (χ1n) is 4.55. The Morgan fingerprint density at radius 3 is 2.50 bits per heavy atom. The molecule has 16 heavy (non-hydrogen) atoms. The number of hydrogen-bond acceptors (Lipinski definition) is 2. The molecule has 1 rings (SSSR count). The van der Waals surface area contributed by atoms with Gasteiger partial charge in [0.2, 0.25) is 0 Å². The molecule has 0 aliphatic rings. The number of aliphatic imine (C=N–C) groups is 1. The molecule has 0 aliphatic carbocycles. The molecule has 88 valence electrons. The second-order valence-corrected chi connectivity index (χ2v) is 4.95. The highest BCUT2D eigenvalue weighted by molar-refractivity contribution is 7.51. The van der Waals surface area contributed by atoms with Crippen molar-refractivity contribution in [2.24, 2.45) is 10.7 Å². The van der Waals surface area contributed by atoms with Crippen LogP contribution in [0.2, 0.25) is 0 Å². The molecule has 0 aromatic heterocycles. The minimum atomic E-state index is -4.14.